The van der Waals surface area contributed by atoms with Crippen molar-refractivity contribution in [2.45, 2.75) is 37.0 Å². The molecule has 4 rings (SSSR count). The monoisotopic (exact) mass is 473 g/mol. The van der Waals surface area contributed by atoms with Crippen molar-refractivity contribution in [3.05, 3.63) is 58.4 Å². The maximum Gasteiger partial charge on any atom is 0.185 e. The number of halogens is 3. The largest absolute Gasteiger partial charge is 0.479 e. The number of ether oxygens (including phenoxy) is 1. The number of amidine groups is 1. The molecule has 0 bridgehead atoms. The molecule has 1 aliphatic carbocycles. The summed E-state index contributed by atoms with van der Waals surface area (Å²) in [7, 11) is 0. The minimum Gasteiger partial charge on any atom is -0.479 e. The van der Waals surface area contributed by atoms with Crippen LogP contribution in [0, 0.1) is 36.8 Å². The number of nitrogens with two attached hydrogens (primary N) is 1. The van der Waals surface area contributed by atoms with Crippen molar-refractivity contribution >= 4 is 22.7 Å². The van der Waals surface area contributed by atoms with Gasteiger partial charge >= 0.3 is 0 Å². The number of ketones is 1. The average molecular weight is 474 g/mol. The number of pyridine rings is 1. The maximum atomic E-state index is 14.9. The lowest BCUT2D eigenvalue weighted by Gasteiger charge is -2.33. The molecule has 1 aromatic carbocycles. The van der Waals surface area contributed by atoms with Gasteiger partial charge in [-0.2, -0.15) is 0 Å². The van der Waals surface area contributed by atoms with E-state index < -0.39 is 28.6 Å². The van der Waals surface area contributed by atoms with E-state index in [9.17, 15) is 18.0 Å². The van der Waals surface area contributed by atoms with Gasteiger partial charge in [0.05, 0.1) is 16.5 Å². The predicted octanol–water partition coefficient (Wildman–Crippen LogP) is 4.11. The second-order valence-electron chi connectivity index (χ2n) is 8.52. The van der Waals surface area contributed by atoms with Gasteiger partial charge in [-0.05, 0) is 49.6 Å². The van der Waals surface area contributed by atoms with Crippen molar-refractivity contribution in [2.24, 2.45) is 16.6 Å². The first kappa shape index (κ1) is 23.2. The van der Waals surface area contributed by atoms with Crippen LogP contribution in [0.1, 0.15) is 40.5 Å². The molecule has 0 unspecified atom stereocenters. The molecule has 2 aliphatic rings. The van der Waals surface area contributed by atoms with Crippen LogP contribution in [0.5, 0.6) is 5.75 Å². The van der Waals surface area contributed by atoms with E-state index in [1.54, 1.807) is 19.9 Å². The Morgan fingerprint density at radius 2 is 2.15 bits per heavy atom. The predicted molar refractivity (Wildman–Crippen MR) is 121 cm³/mol. The standard InChI is InChI=1S/C24H22F3N3O2S/c1-4-5-32-15-6-13(2)21(29-11-15)18(31)9-14-7-16(20(27)17(26)8-14)23(3)19-10-24(19,12-25)33-22(28)30-23/h1,6-8,11,19H,5,9-10,12H2,2-3H3,(H2,28,30)/t19-,23+,24+/m0/s1. The summed E-state index contributed by atoms with van der Waals surface area (Å²) in [5.41, 5.74) is 5.68. The third-order valence-corrected chi connectivity index (χ3v) is 7.48. The van der Waals surface area contributed by atoms with Gasteiger partial charge in [-0.1, -0.05) is 17.7 Å². The zero-order valence-electron chi connectivity index (χ0n) is 18.1. The molecular weight excluding hydrogens is 451 g/mol. The van der Waals surface area contributed by atoms with Crippen LogP contribution >= 0.6 is 11.8 Å². The summed E-state index contributed by atoms with van der Waals surface area (Å²) in [6.45, 7) is 2.76. The van der Waals surface area contributed by atoms with E-state index in [0.29, 0.717) is 17.7 Å². The topological polar surface area (TPSA) is 77.6 Å². The highest BCUT2D eigenvalue weighted by atomic mass is 32.2. The number of hydrogen-bond donors (Lipinski definition) is 1. The van der Waals surface area contributed by atoms with Crippen LogP contribution in [0.25, 0.3) is 0 Å². The summed E-state index contributed by atoms with van der Waals surface area (Å²) in [4.78, 5) is 21.4. The van der Waals surface area contributed by atoms with E-state index in [2.05, 4.69) is 15.9 Å². The first-order valence-electron chi connectivity index (χ1n) is 10.3. The van der Waals surface area contributed by atoms with Gasteiger partial charge in [-0.15, -0.1) is 6.42 Å². The molecule has 0 radical (unpaired) electrons. The van der Waals surface area contributed by atoms with Crippen molar-refractivity contribution < 1.29 is 22.7 Å². The second-order valence-corrected chi connectivity index (χ2v) is 9.96. The molecule has 33 heavy (non-hydrogen) atoms. The summed E-state index contributed by atoms with van der Waals surface area (Å²) in [6, 6.07) is 4.04. The quantitative estimate of drug-likeness (QED) is 0.484. The fourth-order valence-electron chi connectivity index (χ4n) is 4.50. The number of Topliss-reactive ketones (excluding diaryl/α,β-unsaturated/α-hetero) is 1. The van der Waals surface area contributed by atoms with Crippen molar-refractivity contribution in [3.63, 3.8) is 0 Å². The number of terminal acetylenes is 1. The third kappa shape index (κ3) is 4.08. The minimum absolute atomic E-state index is 0.0309. The zero-order valence-corrected chi connectivity index (χ0v) is 18.9. The molecule has 3 atom stereocenters. The van der Waals surface area contributed by atoms with Crippen LogP contribution in [-0.2, 0) is 12.0 Å². The van der Waals surface area contributed by atoms with Gasteiger partial charge in [-0.3, -0.25) is 9.79 Å². The number of alkyl halides is 1. The summed E-state index contributed by atoms with van der Waals surface area (Å²) < 4.78 is 47.8. The number of hydrogen-bond acceptors (Lipinski definition) is 6. The lowest BCUT2D eigenvalue weighted by molar-refractivity contribution is 0.0987. The molecule has 0 amide bonds. The molecular formula is C24H22F3N3O2S. The van der Waals surface area contributed by atoms with Gasteiger partial charge in [0, 0.05) is 17.9 Å². The Kier molecular flexibility index (Phi) is 5.91. The normalized spacial score (nSPS) is 25.6. The SMILES string of the molecule is C#CCOc1cnc(C(=O)Cc2cc(F)c(F)c([C@@]3(C)N=C(N)S[C@@]4(CF)C[C@H]43)c2)c(C)c1. The number of thioether (sulfide) groups is 1. The van der Waals surface area contributed by atoms with Gasteiger partial charge in [0.15, 0.2) is 22.6 Å². The average Bonchev–Trinajstić information content (AvgIpc) is 3.50. The maximum absolute atomic E-state index is 14.9. The number of aliphatic imine (C=N–C) groups is 1. The summed E-state index contributed by atoms with van der Waals surface area (Å²) >= 11 is 1.14. The lowest BCUT2D eigenvalue weighted by atomic mass is 9.84. The first-order valence-corrected chi connectivity index (χ1v) is 11.1. The highest BCUT2D eigenvalue weighted by Crippen LogP contribution is 2.66. The zero-order chi connectivity index (χ0) is 24.0. The molecule has 1 aliphatic heterocycles. The van der Waals surface area contributed by atoms with E-state index in [1.807, 2.05) is 0 Å². The Hall–Kier alpha value is -2.99. The smallest absolute Gasteiger partial charge is 0.185 e. The van der Waals surface area contributed by atoms with E-state index in [0.717, 1.165) is 17.8 Å². The van der Waals surface area contributed by atoms with Crippen LogP contribution in [0.3, 0.4) is 0 Å². The van der Waals surface area contributed by atoms with Crippen LogP contribution in [-0.4, -0.2) is 34.0 Å². The third-order valence-electron chi connectivity index (χ3n) is 6.22. The fraction of sp³-hybridized carbons (Fsp3) is 0.375. The highest BCUT2D eigenvalue weighted by Gasteiger charge is 2.66. The van der Waals surface area contributed by atoms with Gasteiger partial charge in [0.25, 0.3) is 0 Å². The first-order chi connectivity index (χ1) is 15.6. The van der Waals surface area contributed by atoms with Crippen LogP contribution in [0.4, 0.5) is 13.2 Å². The van der Waals surface area contributed by atoms with E-state index >= 15 is 0 Å². The van der Waals surface area contributed by atoms with Gasteiger partial charge in [0.2, 0.25) is 0 Å². The fourth-order valence-corrected chi connectivity index (χ4v) is 5.83. The van der Waals surface area contributed by atoms with Gasteiger partial charge < -0.3 is 10.5 Å². The molecule has 1 saturated carbocycles. The Bertz CT molecular complexity index is 1210. The van der Waals surface area contributed by atoms with Crippen LogP contribution < -0.4 is 10.5 Å². The molecule has 0 spiro atoms. The molecule has 2 N–H and O–H groups in total. The van der Waals surface area contributed by atoms with Crippen molar-refractivity contribution in [3.8, 4) is 18.1 Å². The van der Waals surface area contributed by atoms with Crippen molar-refractivity contribution in [1.82, 2.24) is 4.98 Å². The number of nitrogens with zero attached hydrogens (tertiary/aromatic N) is 2. The van der Waals surface area contributed by atoms with Crippen LogP contribution in [0.15, 0.2) is 29.4 Å². The second kappa shape index (κ2) is 8.41. The van der Waals surface area contributed by atoms with Crippen molar-refractivity contribution in [2.75, 3.05) is 13.3 Å². The number of benzene rings is 1. The number of carbonyl (C=O) groups excluding carboxylic acids is 1. The Labute approximate surface area is 194 Å². The Morgan fingerprint density at radius 3 is 2.82 bits per heavy atom. The number of fused-ring (bicyclic) bond motifs is 1. The summed E-state index contributed by atoms with van der Waals surface area (Å²) in [6.07, 6.45) is 6.81. The van der Waals surface area contributed by atoms with Crippen molar-refractivity contribution in [1.29, 1.82) is 0 Å². The minimum atomic E-state index is -1.23. The molecule has 1 fully saturated rings. The lowest BCUT2D eigenvalue weighted by Crippen LogP contribution is -2.37. The summed E-state index contributed by atoms with van der Waals surface area (Å²) in [5.74, 6) is -0.0948. The van der Waals surface area contributed by atoms with Gasteiger partial charge in [-0.25, -0.2) is 18.2 Å². The summed E-state index contributed by atoms with van der Waals surface area (Å²) in [5, 5.41) is 0.136. The van der Waals surface area contributed by atoms with Crippen LogP contribution in [0.2, 0.25) is 0 Å². The molecule has 5 nitrogen and oxygen atoms in total. The molecule has 2 heterocycles. The molecule has 1 aromatic heterocycles. The Morgan fingerprint density at radius 1 is 1.39 bits per heavy atom. The Balaban J connectivity index is 1.64. The van der Waals surface area contributed by atoms with Gasteiger partial charge in [0.1, 0.15) is 24.7 Å². The number of aromatic nitrogens is 1. The molecule has 172 valence electrons. The molecule has 2 aromatic rings. The number of aryl methyl sites for hydroxylation is 1. The number of carbonyl (C=O) groups is 1. The number of rotatable bonds is 7. The molecule has 0 saturated heterocycles. The highest BCUT2D eigenvalue weighted by molar-refractivity contribution is 8.15. The van der Waals surface area contributed by atoms with E-state index in [1.165, 1.54) is 12.3 Å². The van der Waals surface area contributed by atoms with E-state index in [4.69, 9.17) is 16.9 Å². The van der Waals surface area contributed by atoms with E-state index in [-0.39, 0.29) is 46.7 Å². The molecule has 9 heteroatoms.